The highest BCUT2D eigenvalue weighted by atomic mass is 35.5. The molecule has 0 radical (unpaired) electrons. The van der Waals surface area contributed by atoms with E-state index < -0.39 is 0 Å². The van der Waals surface area contributed by atoms with Crippen LogP contribution in [0.25, 0.3) is 16.9 Å². The van der Waals surface area contributed by atoms with E-state index in [0.717, 1.165) is 39.4 Å². The Bertz CT molecular complexity index is 1600. The summed E-state index contributed by atoms with van der Waals surface area (Å²) < 4.78 is 1.79. The first-order valence-electron chi connectivity index (χ1n) is 12.5. The van der Waals surface area contributed by atoms with Crippen molar-refractivity contribution in [3.63, 3.8) is 0 Å². The van der Waals surface area contributed by atoms with Crippen LogP contribution >= 0.6 is 11.6 Å². The van der Waals surface area contributed by atoms with E-state index in [9.17, 15) is 4.79 Å². The van der Waals surface area contributed by atoms with Crippen LogP contribution in [0.5, 0.6) is 0 Å². The number of fused-ring (bicyclic) bond motifs is 1. The summed E-state index contributed by atoms with van der Waals surface area (Å²) in [4.78, 5) is 17.4. The Kier molecular flexibility index (Phi) is 7.33. The summed E-state index contributed by atoms with van der Waals surface area (Å²) in [6, 6.07) is 24.9. The molecule has 3 N–H and O–H groups in total. The van der Waals surface area contributed by atoms with Crippen molar-refractivity contribution >= 4 is 53.8 Å². The summed E-state index contributed by atoms with van der Waals surface area (Å²) in [5, 5.41) is 14.4. The molecule has 3 aromatic carbocycles. The molecule has 7 nitrogen and oxygen atoms in total. The number of hydrogen-bond acceptors (Lipinski definition) is 4. The van der Waals surface area contributed by atoms with Gasteiger partial charge in [0.1, 0.15) is 13.7 Å². The fourth-order valence-corrected chi connectivity index (χ4v) is 4.43. The predicted octanol–water partition coefficient (Wildman–Crippen LogP) is 5.69. The SMILES string of the molecule is Bc1cnn2c(NCc3cccc(NC(=O)Nc4ccc(C(C)C)cc4)c3)cc(-c3ccccc3Cl)nc12. The van der Waals surface area contributed by atoms with Gasteiger partial charge in [-0.3, -0.25) is 0 Å². The van der Waals surface area contributed by atoms with E-state index in [2.05, 4.69) is 34.9 Å². The van der Waals surface area contributed by atoms with Gasteiger partial charge in [-0.25, -0.2) is 9.78 Å². The first kappa shape index (κ1) is 25.4. The second-order valence-corrected chi connectivity index (χ2v) is 9.89. The number of nitrogens with one attached hydrogen (secondary N) is 3. The largest absolute Gasteiger partial charge is 0.366 e. The minimum Gasteiger partial charge on any atom is -0.366 e. The molecule has 2 heterocycles. The summed E-state index contributed by atoms with van der Waals surface area (Å²) in [6.07, 6.45) is 1.80. The highest BCUT2D eigenvalue weighted by molar-refractivity contribution is 6.36. The van der Waals surface area contributed by atoms with Gasteiger partial charge in [-0.15, -0.1) is 0 Å². The summed E-state index contributed by atoms with van der Waals surface area (Å²) >= 11 is 6.46. The van der Waals surface area contributed by atoms with Gasteiger partial charge in [-0.1, -0.05) is 67.9 Å². The molecule has 190 valence electrons. The molecule has 38 heavy (non-hydrogen) atoms. The van der Waals surface area contributed by atoms with Gasteiger partial charge in [0.15, 0.2) is 5.65 Å². The molecule has 0 aliphatic rings. The Labute approximate surface area is 227 Å². The molecular weight excluding hydrogens is 495 g/mol. The number of halogens is 1. The highest BCUT2D eigenvalue weighted by Crippen LogP contribution is 2.28. The number of carbonyl (C=O) groups is 1. The molecule has 0 saturated heterocycles. The fourth-order valence-electron chi connectivity index (χ4n) is 4.20. The van der Waals surface area contributed by atoms with Crippen LogP contribution in [0.15, 0.2) is 85.1 Å². The average Bonchev–Trinajstić information content (AvgIpc) is 3.28. The molecule has 0 atom stereocenters. The first-order chi connectivity index (χ1) is 18.4. The molecule has 5 aromatic rings. The van der Waals surface area contributed by atoms with Crippen molar-refractivity contribution in [2.75, 3.05) is 16.0 Å². The van der Waals surface area contributed by atoms with Crippen molar-refractivity contribution in [1.82, 2.24) is 14.6 Å². The number of amides is 2. The maximum Gasteiger partial charge on any atom is 0.323 e. The number of nitrogens with zero attached hydrogens (tertiary/aromatic N) is 3. The van der Waals surface area contributed by atoms with Crippen LogP contribution < -0.4 is 21.4 Å². The fraction of sp³-hybridized carbons (Fsp3) is 0.138. The van der Waals surface area contributed by atoms with Gasteiger partial charge in [-0.05, 0) is 52.8 Å². The molecule has 0 bridgehead atoms. The van der Waals surface area contributed by atoms with E-state index in [1.54, 1.807) is 10.7 Å². The Morgan fingerprint density at radius 3 is 2.50 bits per heavy atom. The summed E-state index contributed by atoms with van der Waals surface area (Å²) in [5.41, 5.74) is 7.03. The topological polar surface area (TPSA) is 83.3 Å². The number of carbonyl (C=O) groups excluding carboxylic acids is 1. The molecule has 2 amide bonds. The lowest BCUT2D eigenvalue weighted by atomic mass is 10.0. The molecule has 0 unspecified atom stereocenters. The summed E-state index contributed by atoms with van der Waals surface area (Å²) in [5.74, 6) is 1.23. The summed E-state index contributed by atoms with van der Waals surface area (Å²) in [7, 11) is 1.98. The van der Waals surface area contributed by atoms with Gasteiger partial charge < -0.3 is 16.0 Å². The van der Waals surface area contributed by atoms with Crippen molar-refractivity contribution < 1.29 is 4.79 Å². The summed E-state index contributed by atoms with van der Waals surface area (Å²) in [6.45, 7) is 4.80. The van der Waals surface area contributed by atoms with Gasteiger partial charge in [0.2, 0.25) is 0 Å². The Balaban J connectivity index is 1.30. The van der Waals surface area contributed by atoms with Gasteiger partial charge in [0, 0.05) is 40.8 Å². The van der Waals surface area contributed by atoms with Crippen molar-refractivity contribution in [1.29, 1.82) is 0 Å². The Morgan fingerprint density at radius 2 is 1.74 bits per heavy atom. The lowest BCUT2D eigenvalue weighted by molar-refractivity contribution is 0.262. The van der Waals surface area contributed by atoms with Crippen LogP contribution in [-0.4, -0.2) is 28.5 Å². The third-order valence-corrected chi connectivity index (χ3v) is 6.62. The van der Waals surface area contributed by atoms with Crippen molar-refractivity contribution in [2.45, 2.75) is 26.3 Å². The lowest BCUT2D eigenvalue weighted by Gasteiger charge is -2.13. The van der Waals surface area contributed by atoms with Gasteiger partial charge >= 0.3 is 6.03 Å². The zero-order valence-corrected chi connectivity index (χ0v) is 22.3. The average molecular weight is 523 g/mol. The van der Waals surface area contributed by atoms with Gasteiger partial charge in [0.25, 0.3) is 0 Å². The number of anilines is 3. The van der Waals surface area contributed by atoms with Gasteiger partial charge in [0.05, 0.1) is 5.69 Å². The number of hydrogen-bond donors (Lipinski definition) is 3. The van der Waals surface area contributed by atoms with E-state index in [1.165, 1.54) is 5.56 Å². The number of aromatic nitrogens is 3. The van der Waals surface area contributed by atoms with Crippen LogP contribution in [0.2, 0.25) is 5.02 Å². The van der Waals surface area contributed by atoms with E-state index in [0.29, 0.717) is 23.2 Å². The van der Waals surface area contributed by atoms with E-state index in [4.69, 9.17) is 16.6 Å². The zero-order chi connectivity index (χ0) is 26.6. The molecule has 0 saturated carbocycles. The molecular formula is C29H28BClN6O. The maximum absolute atomic E-state index is 12.6. The van der Waals surface area contributed by atoms with Crippen LogP contribution in [0, 0.1) is 0 Å². The van der Waals surface area contributed by atoms with E-state index >= 15 is 0 Å². The van der Waals surface area contributed by atoms with E-state index in [-0.39, 0.29) is 6.03 Å². The third kappa shape index (κ3) is 5.65. The highest BCUT2D eigenvalue weighted by Gasteiger charge is 2.13. The zero-order valence-electron chi connectivity index (χ0n) is 21.5. The molecule has 5 rings (SSSR count). The molecule has 0 aliphatic heterocycles. The van der Waals surface area contributed by atoms with Crippen LogP contribution in [0.1, 0.15) is 30.9 Å². The smallest absolute Gasteiger partial charge is 0.323 e. The van der Waals surface area contributed by atoms with Crippen LogP contribution in [0.4, 0.5) is 22.0 Å². The monoisotopic (exact) mass is 522 g/mol. The number of urea groups is 1. The molecule has 9 heteroatoms. The van der Waals surface area contributed by atoms with Crippen molar-refractivity contribution in [3.8, 4) is 11.3 Å². The third-order valence-electron chi connectivity index (χ3n) is 6.29. The molecule has 0 aliphatic carbocycles. The van der Waals surface area contributed by atoms with Crippen LogP contribution in [-0.2, 0) is 6.54 Å². The molecule has 0 spiro atoms. The quantitative estimate of drug-likeness (QED) is 0.240. The standard InChI is InChI=1S/C29H28BClN6O/c1-18(2)20-10-12-21(13-11-20)34-29(38)35-22-7-5-6-19(14-22)16-32-27-15-26(23-8-3-4-9-25(23)31)36-28-24(30)17-33-37(27)28/h3-15,17-18,32H,16,30H2,1-2H3,(H2,34,35,38). The van der Waals surface area contributed by atoms with Crippen molar-refractivity contribution in [2.24, 2.45) is 0 Å². The van der Waals surface area contributed by atoms with Crippen molar-refractivity contribution in [3.05, 3.63) is 101 Å². The maximum atomic E-state index is 12.6. The minimum atomic E-state index is -0.292. The Hall–Kier alpha value is -4.30. The first-order valence-corrected chi connectivity index (χ1v) is 12.9. The normalized spacial score (nSPS) is 11.1. The second-order valence-electron chi connectivity index (χ2n) is 9.48. The second kappa shape index (κ2) is 11.0. The lowest BCUT2D eigenvalue weighted by Crippen LogP contribution is -2.19. The number of rotatable bonds is 7. The van der Waals surface area contributed by atoms with E-state index in [1.807, 2.05) is 86.7 Å². The molecule has 2 aromatic heterocycles. The van der Waals surface area contributed by atoms with Crippen LogP contribution in [0.3, 0.4) is 0 Å². The predicted molar refractivity (Wildman–Crippen MR) is 159 cm³/mol. The molecule has 0 fully saturated rings. The van der Waals surface area contributed by atoms with Gasteiger partial charge in [-0.2, -0.15) is 9.61 Å². The Morgan fingerprint density at radius 1 is 0.974 bits per heavy atom. The minimum absolute atomic E-state index is 0.292. The number of benzene rings is 3.